The zero-order chi connectivity index (χ0) is 9.19. The molecule has 6 heteroatoms. The van der Waals surface area contributed by atoms with Crippen molar-refractivity contribution in [2.45, 2.75) is 0 Å². The molecule has 12 heavy (non-hydrogen) atoms. The summed E-state index contributed by atoms with van der Waals surface area (Å²) in [5.74, 6) is 0. The average molecular weight is 190 g/mol. The lowest BCUT2D eigenvalue weighted by molar-refractivity contribution is 0.563. The first kappa shape index (κ1) is 8.92. The first-order chi connectivity index (χ1) is 5.47. The maximum Gasteiger partial charge on any atom is 0.325 e. The van der Waals surface area contributed by atoms with Crippen LogP contribution in [0.2, 0.25) is 0 Å². The van der Waals surface area contributed by atoms with E-state index in [1.54, 1.807) is 13.2 Å². The Kier molecular flexibility index (Phi) is 2.27. The van der Waals surface area contributed by atoms with Gasteiger partial charge in [0.25, 0.3) is 0 Å². The van der Waals surface area contributed by atoms with Gasteiger partial charge in [-0.15, -0.1) is 3.89 Å². The second-order valence-electron chi connectivity index (χ2n) is 2.23. The predicted molar refractivity (Wildman–Crippen MR) is 42.3 cm³/mol. The molecule has 66 valence electrons. The van der Waals surface area contributed by atoms with Crippen molar-refractivity contribution in [1.82, 2.24) is 9.78 Å². The zero-order valence-corrected chi connectivity index (χ0v) is 7.12. The molecule has 0 spiro atoms. The van der Waals surface area contributed by atoms with Crippen LogP contribution in [0, 0.1) is 0 Å². The van der Waals surface area contributed by atoms with Crippen molar-refractivity contribution in [3.05, 3.63) is 23.4 Å². The predicted octanol–water partition coefficient (Wildman–Crippen LogP) is 0.690. The van der Waals surface area contributed by atoms with E-state index < -0.39 is 10.2 Å². The van der Waals surface area contributed by atoms with Crippen LogP contribution in [0.5, 0.6) is 0 Å². The van der Waals surface area contributed by atoms with Crippen LogP contribution in [-0.2, 0) is 17.3 Å². The third-order valence-electron chi connectivity index (χ3n) is 1.15. The van der Waals surface area contributed by atoms with E-state index in [1.807, 2.05) is 0 Å². The Labute approximate surface area is 69.5 Å². The van der Waals surface area contributed by atoms with Gasteiger partial charge in [-0.05, 0) is 6.08 Å². The topological polar surface area (TPSA) is 52.0 Å². The molecule has 1 aromatic rings. The van der Waals surface area contributed by atoms with E-state index in [4.69, 9.17) is 0 Å². The largest absolute Gasteiger partial charge is 0.325 e. The van der Waals surface area contributed by atoms with Crippen LogP contribution in [0.1, 0.15) is 5.56 Å². The molecule has 1 aromatic heterocycles. The molecule has 0 radical (unpaired) electrons. The van der Waals surface area contributed by atoms with Gasteiger partial charge in [0.05, 0.1) is 11.6 Å². The maximum atomic E-state index is 11.9. The lowest BCUT2D eigenvalue weighted by Gasteiger charge is -1.81. The number of nitrogens with zero attached hydrogens (tertiary/aromatic N) is 2. The van der Waals surface area contributed by atoms with Crippen LogP contribution in [0.3, 0.4) is 0 Å². The van der Waals surface area contributed by atoms with Crippen LogP contribution in [0.4, 0.5) is 3.89 Å². The molecule has 0 aliphatic heterocycles. The third-order valence-corrected chi connectivity index (χ3v) is 1.61. The summed E-state index contributed by atoms with van der Waals surface area (Å²) in [5.41, 5.74) is 0.540. The highest BCUT2D eigenvalue weighted by Gasteiger charge is 1.98. The summed E-state index contributed by atoms with van der Waals surface area (Å²) in [6.07, 6.45) is 4.14. The molecule has 0 aliphatic rings. The lowest BCUT2D eigenvalue weighted by atomic mass is 10.4. The molecule has 0 atom stereocenters. The number of aromatic nitrogens is 2. The Bertz CT molecular complexity index is 393. The van der Waals surface area contributed by atoms with E-state index in [1.165, 1.54) is 10.9 Å². The fourth-order valence-electron chi connectivity index (χ4n) is 0.686. The Morgan fingerprint density at radius 2 is 2.33 bits per heavy atom. The maximum absolute atomic E-state index is 11.9. The average Bonchev–Trinajstić information content (AvgIpc) is 2.30. The first-order valence-electron chi connectivity index (χ1n) is 3.09. The number of rotatable bonds is 2. The monoisotopic (exact) mass is 190 g/mol. The highest BCUT2D eigenvalue weighted by Crippen LogP contribution is 2.02. The Balaban J connectivity index is 2.84. The van der Waals surface area contributed by atoms with Crippen LogP contribution in [-0.4, -0.2) is 18.2 Å². The zero-order valence-electron chi connectivity index (χ0n) is 6.31. The molecule has 0 aromatic carbocycles. The van der Waals surface area contributed by atoms with E-state index in [0.717, 1.165) is 6.08 Å². The van der Waals surface area contributed by atoms with Crippen molar-refractivity contribution in [2.24, 2.45) is 7.05 Å². The second-order valence-corrected chi connectivity index (χ2v) is 3.45. The molecule has 4 nitrogen and oxygen atoms in total. The van der Waals surface area contributed by atoms with Gasteiger partial charge < -0.3 is 0 Å². The highest BCUT2D eigenvalue weighted by molar-refractivity contribution is 7.89. The smallest absolute Gasteiger partial charge is 0.275 e. The van der Waals surface area contributed by atoms with Crippen LogP contribution < -0.4 is 0 Å². The molecule has 0 aliphatic carbocycles. The van der Waals surface area contributed by atoms with Gasteiger partial charge in [-0.1, -0.05) is 0 Å². The van der Waals surface area contributed by atoms with Crippen molar-refractivity contribution in [3.63, 3.8) is 0 Å². The molecular formula is C6H7FN2O2S. The van der Waals surface area contributed by atoms with Gasteiger partial charge in [0, 0.05) is 18.8 Å². The van der Waals surface area contributed by atoms with Gasteiger partial charge >= 0.3 is 10.2 Å². The van der Waals surface area contributed by atoms with Gasteiger partial charge in [0.1, 0.15) is 0 Å². The Morgan fingerprint density at radius 1 is 1.67 bits per heavy atom. The van der Waals surface area contributed by atoms with E-state index in [9.17, 15) is 12.3 Å². The SMILES string of the molecule is Cn1cc(C=CS(=O)(=O)F)cn1. The van der Waals surface area contributed by atoms with E-state index in [0.29, 0.717) is 11.0 Å². The summed E-state index contributed by atoms with van der Waals surface area (Å²) in [4.78, 5) is 0. The summed E-state index contributed by atoms with van der Waals surface area (Å²) in [5, 5.41) is 4.26. The van der Waals surface area contributed by atoms with Crippen molar-refractivity contribution in [1.29, 1.82) is 0 Å². The minimum atomic E-state index is -4.53. The van der Waals surface area contributed by atoms with Crippen molar-refractivity contribution in [3.8, 4) is 0 Å². The molecule has 0 saturated carbocycles. The van der Waals surface area contributed by atoms with Crippen molar-refractivity contribution < 1.29 is 12.3 Å². The molecule has 0 bridgehead atoms. The number of hydrogen-bond donors (Lipinski definition) is 0. The van der Waals surface area contributed by atoms with Crippen molar-refractivity contribution >= 4 is 16.3 Å². The molecule has 0 N–H and O–H groups in total. The fraction of sp³-hybridized carbons (Fsp3) is 0.167. The summed E-state index contributed by atoms with van der Waals surface area (Å²) >= 11 is 0. The quantitative estimate of drug-likeness (QED) is 0.645. The molecule has 0 saturated heterocycles. The Morgan fingerprint density at radius 3 is 2.75 bits per heavy atom. The Hall–Kier alpha value is -1.17. The van der Waals surface area contributed by atoms with Crippen molar-refractivity contribution in [2.75, 3.05) is 0 Å². The lowest BCUT2D eigenvalue weighted by Crippen LogP contribution is -1.84. The van der Waals surface area contributed by atoms with E-state index in [2.05, 4.69) is 5.10 Å². The number of aryl methyl sites for hydroxylation is 1. The van der Waals surface area contributed by atoms with E-state index in [-0.39, 0.29) is 0 Å². The molecule has 0 fully saturated rings. The van der Waals surface area contributed by atoms with Gasteiger partial charge in [-0.3, -0.25) is 4.68 Å². The van der Waals surface area contributed by atoms with Gasteiger partial charge in [-0.25, -0.2) is 0 Å². The molecule has 0 amide bonds. The summed E-state index contributed by atoms with van der Waals surface area (Å²) in [6, 6.07) is 0. The summed E-state index contributed by atoms with van der Waals surface area (Å²) in [6.45, 7) is 0. The fourth-order valence-corrected chi connectivity index (χ4v) is 1.01. The second kappa shape index (κ2) is 3.06. The van der Waals surface area contributed by atoms with Crippen LogP contribution in [0.15, 0.2) is 17.8 Å². The highest BCUT2D eigenvalue weighted by atomic mass is 32.3. The molecule has 0 unspecified atom stereocenters. The number of halogens is 1. The minimum Gasteiger partial charge on any atom is -0.275 e. The van der Waals surface area contributed by atoms with Gasteiger partial charge in [0.15, 0.2) is 0 Å². The molecular weight excluding hydrogens is 183 g/mol. The molecule has 1 heterocycles. The summed E-state index contributed by atoms with van der Waals surface area (Å²) < 4.78 is 33.5. The van der Waals surface area contributed by atoms with Crippen LogP contribution >= 0.6 is 0 Å². The normalized spacial score (nSPS) is 12.5. The van der Waals surface area contributed by atoms with Crippen LogP contribution in [0.25, 0.3) is 6.08 Å². The van der Waals surface area contributed by atoms with Gasteiger partial charge in [-0.2, -0.15) is 13.5 Å². The number of hydrogen-bond acceptors (Lipinski definition) is 3. The van der Waals surface area contributed by atoms with Gasteiger partial charge in [0.2, 0.25) is 0 Å². The summed E-state index contributed by atoms with van der Waals surface area (Å²) in [7, 11) is -2.85. The third kappa shape index (κ3) is 2.83. The van der Waals surface area contributed by atoms with E-state index >= 15 is 0 Å². The molecule has 1 rings (SSSR count). The first-order valence-corrected chi connectivity index (χ1v) is 4.53. The standard InChI is InChI=1S/C6H7FN2O2S/c1-9-5-6(4-8-9)2-3-12(7,10)11/h2-5H,1H3. The minimum absolute atomic E-state index is 0.490.